The highest BCUT2D eigenvalue weighted by molar-refractivity contribution is 5.76. The number of benzene rings is 1. The van der Waals surface area contributed by atoms with E-state index in [2.05, 4.69) is 10.2 Å². The van der Waals surface area contributed by atoms with Crippen molar-refractivity contribution in [2.45, 2.75) is 63.5 Å². The number of aliphatic hydroxyl groups is 1. The summed E-state index contributed by atoms with van der Waals surface area (Å²) in [4.78, 5) is 14.2. The van der Waals surface area contributed by atoms with Crippen molar-refractivity contribution in [2.24, 2.45) is 0 Å². The van der Waals surface area contributed by atoms with Crippen LogP contribution in [0.15, 0.2) is 24.3 Å². The summed E-state index contributed by atoms with van der Waals surface area (Å²) in [5, 5.41) is 13.1. The van der Waals surface area contributed by atoms with Crippen LogP contribution in [0.4, 0.5) is 4.39 Å². The van der Waals surface area contributed by atoms with Gasteiger partial charge in [-0.3, -0.25) is 9.69 Å². The zero-order valence-corrected chi connectivity index (χ0v) is 16.5. The summed E-state index contributed by atoms with van der Waals surface area (Å²) in [6.07, 6.45) is 2.01. The van der Waals surface area contributed by atoms with Crippen molar-refractivity contribution < 1.29 is 23.8 Å². The van der Waals surface area contributed by atoms with Crippen LogP contribution in [-0.4, -0.2) is 66.6 Å². The molecule has 0 unspecified atom stereocenters. The zero-order valence-electron chi connectivity index (χ0n) is 16.5. The summed E-state index contributed by atoms with van der Waals surface area (Å²) < 4.78 is 25.4. The minimum Gasteiger partial charge on any atom is -0.389 e. The van der Waals surface area contributed by atoms with Crippen LogP contribution >= 0.6 is 0 Å². The average molecular weight is 394 g/mol. The number of hydrogen-bond acceptors (Lipinski definition) is 5. The lowest BCUT2D eigenvalue weighted by Crippen LogP contribution is -2.55. The van der Waals surface area contributed by atoms with Gasteiger partial charge in [-0.2, -0.15) is 0 Å². The van der Waals surface area contributed by atoms with E-state index in [0.717, 1.165) is 24.8 Å². The number of halogens is 1. The van der Waals surface area contributed by atoms with E-state index in [1.807, 2.05) is 13.0 Å². The molecule has 0 aliphatic carbocycles. The van der Waals surface area contributed by atoms with E-state index >= 15 is 0 Å². The normalized spacial score (nSPS) is 28.8. The van der Waals surface area contributed by atoms with E-state index in [1.165, 1.54) is 12.1 Å². The van der Waals surface area contributed by atoms with Crippen molar-refractivity contribution in [1.82, 2.24) is 10.2 Å². The van der Waals surface area contributed by atoms with Crippen LogP contribution in [0.25, 0.3) is 0 Å². The Balaban J connectivity index is 1.65. The molecular weight excluding hydrogens is 363 g/mol. The number of ether oxygens (including phenoxy) is 2. The fraction of sp³-hybridized carbons (Fsp3) is 0.667. The number of fused-ring (bicyclic) bond motifs is 1. The molecule has 0 radical (unpaired) electrons. The SMILES string of the molecule is CCCNC(=O)C[C@H]1CC[C@H]2[C@@H](COC[C@H](O)CN2Cc2cccc(F)c2)O1. The quantitative estimate of drug-likeness (QED) is 0.771. The van der Waals surface area contributed by atoms with Gasteiger partial charge in [-0.05, 0) is 37.0 Å². The first-order chi connectivity index (χ1) is 13.5. The molecule has 4 atom stereocenters. The van der Waals surface area contributed by atoms with Gasteiger partial charge >= 0.3 is 0 Å². The second-order valence-electron chi connectivity index (χ2n) is 7.75. The number of aliphatic hydroxyl groups excluding tert-OH is 1. The van der Waals surface area contributed by atoms with Crippen LogP contribution in [0.5, 0.6) is 0 Å². The molecule has 1 aromatic carbocycles. The maximum absolute atomic E-state index is 13.6. The van der Waals surface area contributed by atoms with Crippen molar-refractivity contribution in [1.29, 1.82) is 0 Å². The van der Waals surface area contributed by atoms with Gasteiger partial charge < -0.3 is 19.9 Å². The van der Waals surface area contributed by atoms with Gasteiger partial charge in [0.1, 0.15) is 5.82 Å². The van der Waals surface area contributed by atoms with Gasteiger partial charge in [-0.25, -0.2) is 4.39 Å². The highest BCUT2D eigenvalue weighted by Gasteiger charge is 2.38. The van der Waals surface area contributed by atoms with E-state index in [4.69, 9.17) is 9.47 Å². The molecule has 0 spiro atoms. The Morgan fingerprint density at radius 3 is 3.00 bits per heavy atom. The van der Waals surface area contributed by atoms with Crippen molar-refractivity contribution in [3.8, 4) is 0 Å². The summed E-state index contributed by atoms with van der Waals surface area (Å²) in [6, 6.07) is 6.62. The Labute approximate surface area is 166 Å². The molecule has 7 heteroatoms. The summed E-state index contributed by atoms with van der Waals surface area (Å²) in [6.45, 7) is 4.32. The van der Waals surface area contributed by atoms with Gasteiger partial charge in [0.15, 0.2) is 0 Å². The van der Waals surface area contributed by atoms with E-state index in [1.54, 1.807) is 6.07 Å². The summed E-state index contributed by atoms with van der Waals surface area (Å²) >= 11 is 0. The Bertz CT molecular complexity index is 645. The highest BCUT2D eigenvalue weighted by Crippen LogP contribution is 2.28. The zero-order chi connectivity index (χ0) is 19.9. The summed E-state index contributed by atoms with van der Waals surface area (Å²) in [5.74, 6) is -0.243. The molecule has 2 saturated heterocycles. The molecule has 1 amide bonds. The Kier molecular flexibility index (Phi) is 7.79. The fourth-order valence-corrected chi connectivity index (χ4v) is 4.04. The number of β-amino-alcohol motifs (C(OH)–C–C–N with tert-alkyl or cyclic N) is 1. The smallest absolute Gasteiger partial charge is 0.222 e. The number of carbonyl (C=O) groups is 1. The summed E-state index contributed by atoms with van der Waals surface area (Å²) in [5.41, 5.74) is 0.869. The molecule has 0 saturated carbocycles. The highest BCUT2D eigenvalue weighted by atomic mass is 19.1. The molecule has 1 aromatic rings. The molecule has 6 nitrogen and oxygen atoms in total. The molecule has 156 valence electrons. The van der Waals surface area contributed by atoms with Crippen molar-refractivity contribution in [3.05, 3.63) is 35.6 Å². The van der Waals surface area contributed by atoms with E-state index in [9.17, 15) is 14.3 Å². The molecule has 2 fully saturated rings. The van der Waals surface area contributed by atoms with E-state index in [0.29, 0.717) is 32.7 Å². The number of nitrogens with zero attached hydrogens (tertiary/aromatic N) is 1. The lowest BCUT2D eigenvalue weighted by molar-refractivity contribution is -0.158. The molecular formula is C21H31FN2O4. The fourth-order valence-electron chi connectivity index (χ4n) is 4.04. The molecule has 2 heterocycles. The molecule has 0 aromatic heterocycles. The molecule has 2 N–H and O–H groups in total. The van der Waals surface area contributed by atoms with Crippen LogP contribution in [-0.2, 0) is 20.8 Å². The second-order valence-corrected chi connectivity index (χ2v) is 7.75. The second kappa shape index (κ2) is 10.3. The standard InChI is InChI=1S/C21H31FN2O4/c1-2-8-23-21(26)10-18-6-7-19-20(28-18)14-27-13-17(25)12-24(19)11-15-4-3-5-16(22)9-15/h3-5,9,17-20,25H,2,6-8,10-14H2,1H3,(H,23,26)/t17-,18-,19+,20-/m1/s1. The number of hydrogen-bond donors (Lipinski definition) is 2. The number of rotatable bonds is 6. The Morgan fingerprint density at radius 2 is 2.21 bits per heavy atom. The molecule has 3 rings (SSSR count). The molecule has 2 aliphatic heterocycles. The lowest BCUT2D eigenvalue weighted by Gasteiger charge is -2.44. The predicted octanol–water partition coefficient (Wildman–Crippen LogP) is 1.85. The van der Waals surface area contributed by atoms with Gasteiger partial charge in [0, 0.05) is 25.7 Å². The maximum Gasteiger partial charge on any atom is 0.222 e. The maximum atomic E-state index is 13.6. The molecule has 28 heavy (non-hydrogen) atoms. The van der Waals surface area contributed by atoms with Gasteiger partial charge in [0.05, 0.1) is 37.9 Å². The number of carbonyl (C=O) groups excluding carboxylic acids is 1. The van der Waals surface area contributed by atoms with Crippen LogP contribution in [0.2, 0.25) is 0 Å². The predicted molar refractivity (Wildman–Crippen MR) is 103 cm³/mol. The third-order valence-corrected chi connectivity index (χ3v) is 5.35. The topological polar surface area (TPSA) is 71.0 Å². The van der Waals surface area contributed by atoms with Crippen LogP contribution in [0.1, 0.15) is 38.2 Å². The largest absolute Gasteiger partial charge is 0.389 e. The molecule has 0 bridgehead atoms. The number of amides is 1. The van der Waals surface area contributed by atoms with Crippen molar-refractivity contribution in [2.75, 3.05) is 26.3 Å². The minimum absolute atomic E-state index is 0.0177. The van der Waals surface area contributed by atoms with Crippen LogP contribution in [0.3, 0.4) is 0 Å². The van der Waals surface area contributed by atoms with Crippen LogP contribution in [0, 0.1) is 5.82 Å². The van der Waals surface area contributed by atoms with Gasteiger partial charge in [0.25, 0.3) is 0 Å². The monoisotopic (exact) mass is 394 g/mol. The Hall–Kier alpha value is -1.54. The third kappa shape index (κ3) is 5.98. The first kappa shape index (κ1) is 21.2. The van der Waals surface area contributed by atoms with Gasteiger partial charge in [-0.1, -0.05) is 19.1 Å². The first-order valence-corrected chi connectivity index (χ1v) is 10.2. The summed E-state index contributed by atoms with van der Waals surface area (Å²) in [7, 11) is 0. The van der Waals surface area contributed by atoms with Crippen LogP contribution < -0.4 is 5.32 Å². The number of nitrogens with one attached hydrogen (secondary N) is 1. The first-order valence-electron chi connectivity index (χ1n) is 10.2. The van der Waals surface area contributed by atoms with E-state index < -0.39 is 6.10 Å². The van der Waals surface area contributed by atoms with Crippen molar-refractivity contribution >= 4 is 5.91 Å². The average Bonchev–Trinajstić information content (AvgIpc) is 2.65. The van der Waals surface area contributed by atoms with E-state index in [-0.39, 0.29) is 36.6 Å². The third-order valence-electron chi connectivity index (χ3n) is 5.35. The van der Waals surface area contributed by atoms with Gasteiger partial charge in [0.2, 0.25) is 5.91 Å². The van der Waals surface area contributed by atoms with Crippen molar-refractivity contribution in [3.63, 3.8) is 0 Å². The minimum atomic E-state index is -0.591. The molecule has 2 aliphatic rings. The lowest BCUT2D eigenvalue weighted by atomic mass is 9.94. The van der Waals surface area contributed by atoms with Gasteiger partial charge in [-0.15, -0.1) is 0 Å². The Morgan fingerprint density at radius 1 is 1.36 bits per heavy atom.